The highest BCUT2D eigenvalue weighted by molar-refractivity contribution is 5.97. The average molecular weight is 413 g/mol. The van der Waals surface area contributed by atoms with Gasteiger partial charge in [0, 0.05) is 36.8 Å². The zero-order valence-corrected chi connectivity index (χ0v) is 17.1. The fourth-order valence-electron chi connectivity index (χ4n) is 4.09. The van der Waals surface area contributed by atoms with Gasteiger partial charge in [0.25, 0.3) is 5.91 Å². The van der Waals surface area contributed by atoms with Crippen molar-refractivity contribution < 1.29 is 9.53 Å². The second-order valence-corrected chi connectivity index (χ2v) is 7.79. The van der Waals surface area contributed by atoms with Gasteiger partial charge in [0.15, 0.2) is 0 Å². The van der Waals surface area contributed by atoms with Gasteiger partial charge >= 0.3 is 0 Å². The fourth-order valence-corrected chi connectivity index (χ4v) is 4.09. The first-order chi connectivity index (χ1) is 15.3. The highest BCUT2D eigenvalue weighted by atomic mass is 16.5. The molecule has 0 unspecified atom stereocenters. The fraction of sp³-hybridized carbons (Fsp3) is 0.250. The van der Waals surface area contributed by atoms with Crippen molar-refractivity contribution in [1.82, 2.24) is 24.9 Å². The van der Waals surface area contributed by atoms with Gasteiger partial charge in [-0.1, -0.05) is 18.2 Å². The van der Waals surface area contributed by atoms with Gasteiger partial charge in [-0.25, -0.2) is 0 Å². The number of fused-ring (bicyclic) bond motifs is 1. The number of amides is 1. The van der Waals surface area contributed by atoms with Gasteiger partial charge in [-0.15, -0.1) is 0 Å². The topological polar surface area (TPSA) is 73.1 Å². The lowest BCUT2D eigenvalue weighted by Gasteiger charge is -2.33. The number of hydrogen-bond acceptors (Lipinski definition) is 5. The molecular weight excluding hydrogens is 390 g/mol. The standard InChI is InChI=1S/C24H23N5O2/c30-24(22-5-1-2-6-23(22)29-26-11-12-27-29)28-13-3-4-18(16-28)17-31-21-8-7-19-9-10-25-15-20(19)14-21/h1-2,5-12,14-15,18H,3-4,13,16-17H2/t18-/m1/s1. The molecule has 156 valence electrons. The Balaban J connectivity index is 1.27. The molecule has 0 radical (unpaired) electrons. The monoisotopic (exact) mass is 413 g/mol. The molecule has 0 saturated carbocycles. The lowest BCUT2D eigenvalue weighted by molar-refractivity contribution is 0.0633. The smallest absolute Gasteiger partial charge is 0.256 e. The number of benzene rings is 2. The second-order valence-electron chi connectivity index (χ2n) is 7.79. The summed E-state index contributed by atoms with van der Waals surface area (Å²) in [6.45, 7) is 2.00. The molecule has 2 aromatic carbocycles. The van der Waals surface area contributed by atoms with Gasteiger partial charge in [-0.2, -0.15) is 15.0 Å². The number of piperidine rings is 1. The molecule has 0 spiro atoms. The van der Waals surface area contributed by atoms with Crippen LogP contribution in [0.25, 0.3) is 16.5 Å². The van der Waals surface area contributed by atoms with Crippen LogP contribution in [-0.2, 0) is 0 Å². The van der Waals surface area contributed by atoms with Gasteiger partial charge in [0.2, 0.25) is 0 Å². The highest BCUT2D eigenvalue weighted by Crippen LogP contribution is 2.24. The number of rotatable bonds is 5. The van der Waals surface area contributed by atoms with E-state index >= 15 is 0 Å². The van der Waals surface area contributed by atoms with Crippen LogP contribution in [0.5, 0.6) is 5.75 Å². The van der Waals surface area contributed by atoms with E-state index in [4.69, 9.17) is 4.74 Å². The minimum Gasteiger partial charge on any atom is -0.493 e. The molecule has 7 heteroatoms. The number of ether oxygens (including phenoxy) is 1. The quantitative estimate of drug-likeness (QED) is 0.498. The van der Waals surface area contributed by atoms with E-state index in [1.165, 1.54) is 4.80 Å². The summed E-state index contributed by atoms with van der Waals surface area (Å²) < 4.78 is 6.08. The number of hydrogen-bond donors (Lipinski definition) is 0. The van der Waals surface area contributed by atoms with E-state index in [9.17, 15) is 4.79 Å². The summed E-state index contributed by atoms with van der Waals surface area (Å²) in [5.41, 5.74) is 1.31. The van der Waals surface area contributed by atoms with E-state index in [0.29, 0.717) is 24.4 Å². The zero-order valence-electron chi connectivity index (χ0n) is 17.1. The Kier molecular flexibility index (Phi) is 5.31. The van der Waals surface area contributed by atoms with Crippen LogP contribution in [0.1, 0.15) is 23.2 Å². The Labute approximate surface area is 180 Å². The summed E-state index contributed by atoms with van der Waals surface area (Å²) in [6, 6.07) is 15.5. The van der Waals surface area contributed by atoms with E-state index in [1.807, 2.05) is 59.6 Å². The van der Waals surface area contributed by atoms with E-state index in [-0.39, 0.29) is 11.8 Å². The molecule has 0 N–H and O–H groups in total. The van der Waals surface area contributed by atoms with E-state index in [1.54, 1.807) is 18.6 Å². The molecule has 0 aliphatic carbocycles. The van der Waals surface area contributed by atoms with Gasteiger partial charge < -0.3 is 9.64 Å². The Morgan fingerprint density at radius 1 is 1.03 bits per heavy atom. The minimum atomic E-state index is 0.00868. The van der Waals surface area contributed by atoms with Crippen LogP contribution in [-0.4, -0.2) is 50.5 Å². The van der Waals surface area contributed by atoms with Crippen molar-refractivity contribution in [3.05, 3.63) is 78.9 Å². The normalized spacial score (nSPS) is 16.4. The summed E-state index contributed by atoms with van der Waals surface area (Å²) in [5, 5.41) is 10.6. The molecule has 5 rings (SSSR count). The molecule has 0 bridgehead atoms. The molecule has 1 atom stereocenters. The first kappa shape index (κ1) is 19.2. The largest absolute Gasteiger partial charge is 0.493 e. The number of likely N-dealkylation sites (tertiary alicyclic amines) is 1. The van der Waals surface area contributed by atoms with Crippen molar-refractivity contribution in [2.45, 2.75) is 12.8 Å². The highest BCUT2D eigenvalue weighted by Gasteiger charge is 2.26. The maximum atomic E-state index is 13.3. The Bertz CT molecular complexity index is 1190. The van der Waals surface area contributed by atoms with Crippen LogP contribution >= 0.6 is 0 Å². The van der Waals surface area contributed by atoms with Gasteiger partial charge in [-0.05, 0) is 48.6 Å². The maximum Gasteiger partial charge on any atom is 0.256 e. The Morgan fingerprint density at radius 3 is 2.81 bits per heavy atom. The SMILES string of the molecule is O=C(c1ccccc1-n1nccn1)N1CCC[C@@H](COc2ccc3ccncc3c2)C1. The van der Waals surface area contributed by atoms with Crippen molar-refractivity contribution in [3.63, 3.8) is 0 Å². The third-order valence-electron chi connectivity index (χ3n) is 5.67. The lowest BCUT2D eigenvalue weighted by Crippen LogP contribution is -2.42. The van der Waals surface area contributed by atoms with Crippen LogP contribution in [0.3, 0.4) is 0 Å². The summed E-state index contributed by atoms with van der Waals surface area (Å²) in [7, 11) is 0. The van der Waals surface area contributed by atoms with E-state index < -0.39 is 0 Å². The van der Waals surface area contributed by atoms with Crippen LogP contribution in [0, 0.1) is 5.92 Å². The minimum absolute atomic E-state index is 0.00868. The molecule has 4 aromatic rings. The first-order valence-corrected chi connectivity index (χ1v) is 10.5. The maximum absolute atomic E-state index is 13.3. The molecule has 1 saturated heterocycles. The molecule has 7 nitrogen and oxygen atoms in total. The third kappa shape index (κ3) is 4.12. The van der Waals surface area contributed by atoms with Gasteiger partial charge in [0.05, 0.1) is 30.3 Å². The van der Waals surface area contributed by atoms with Crippen LogP contribution < -0.4 is 4.74 Å². The Morgan fingerprint density at radius 2 is 1.90 bits per heavy atom. The van der Waals surface area contributed by atoms with E-state index in [0.717, 1.165) is 35.9 Å². The zero-order chi connectivity index (χ0) is 21.0. The van der Waals surface area contributed by atoms with Gasteiger partial charge in [0.1, 0.15) is 5.75 Å². The summed E-state index contributed by atoms with van der Waals surface area (Å²) >= 11 is 0. The molecule has 1 aliphatic rings. The summed E-state index contributed by atoms with van der Waals surface area (Å²) in [5.74, 6) is 1.13. The molecule has 3 heterocycles. The van der Waals surface area contributed by atoms with Crippen molar-refractivity contribution in [3.8, 4) is 11.4 Å². The van der Waals surface area contributed by atoms with Crippen molar-refractivity contribution in [1.29, 1.82) is 0 Å². The number of aromatic nitrogens is 4. The predicted molar refractivity (Wildman–Crippen MR) is 117 cm³/mol. The number of nitrogens with zero attached hydrogens (tertiary/aromatic N) is 5. The summed E-state index contributed by atoms with van der Waals surface area (Å²) in [6.07, 6.45) is 8.85. The third-order valence-corrected chi connectivity index (χ3v) is 5.67. The predicted octanol–water partition coefficient (Wildman–Crippen LogP) is 3.75. The lowest BCUT2D eigenvalue weighted by atomic mass is 9.98. The molecule has 1 aliphatic heterocycles. The molecule has 31 heavy (non-hydrogen) atoms. The molecule has 1 fully saturated rings. The van der Waals surface area contributed by atoms with Crippen molar-refractivity contribution >= 4 is 16.7 Å². The second kappa shape index (κ2) is 8.55. The first-order valence-electron chi connectivity index (χ1n) is 10.5. The molecule has 1 amide bonds. The Hall–Kier alpha value is -3.74. The van der Waals surface area contributed by atoms with Gasteiger partial charge in [-0.3, -0.25) is 9.78 Å². The molecule has 2 aromatic heterocycles. The number of carbonyl (C=O) groups is 1. The number of carbonyl (C=O) groups excluding carboxylic acids is 1. The number of pyridine rings is 1. The number of para-hydroxylation sites is 1. The summed E-state index contributed by atoms with van der Waals surface area (Å²) in [4.78, 5) is 20.9. The molecular formula is C24H23N5O2. The van der Waals surface area contributed by atoms with Crippen LogP contribution in [0.4, 0.5) is 0 Å². The van der Waals surface area contributed by atoms with Crippen molar-refractivity contribution in [2.75, 3.05) is 19.7 Å². The van der Waals surface area contributed by atoms with Crippen LogP contribution in [0.15, 0.2) is 73.3 Å². The average Bonchev–Trinajstić information content (AvgIpc) is 3.37. The van der Waals surface area contributed by atoms with E-state index in [2.05, 4.69) is 15.2 Å². The van der Waals surface area contributed by atoms with Crippen molar-refractivity contribution in [2.24, 2.45) is 5.92 Å². The van der Waals surface area contributed by atoms with Crippen LogP contribution in [0.2, 0.25) is 0 Å².